The number of aliphatic hydroxyl groups is 1. The zero-order valence-corrected chi connectivity index (χ0v) is 13.2. The number of hydrogen-bond donors (Lipinski definition) is 2. The Kier molecular flexibility index (Phi) is 3.52. The molecule has 1 aromatic rings. The highest BCUT2D eigenvalue weighted by Crippen LogP contribution is 2.57. The Morgan fingerprint density at radius 3 is 2.65 bits per heavy atom. The minimum atomic E-state index is -0.215. The van der Waals surface area contributed by atoms with E-state index in [-0.39, 0.29) is 11.5 Å². The van der Waals surface area contributed by atoms with Crippen molar-refractivity contribution < 1.29 is 5.11 Å². The predicted molar refractivity (Wildman–Crippen MR) is 88.0 cm³/mol. The topological polar surface area (TPSA) is 20.2 Å². The van der Waals surface area contributed by atoms with E-state index in [1.54, 1.807) is 0 Å². The third-order valence-electron chi connectivity index (χ3n) is 4.79. The molecule has 1 nitrogen and oxygen atoms in total. The number of hydrogen-bond acceptors (Lipinski definition) is 2. The smallest absolute Gasteiger partial charge is 0.0551 e. The molecule has 1 fully saturated rings. The molecule has 0 saturated heterocycles. The molecule has 0 amide bonds. The minimum Gasteiger partial charge on any atom is -0.393 e. The molecule has 0 unspecified atom stereocenters. The highest BCUT2D eigenvalue weighted by atomic mass is 35.5. The molecule has 3 rings (SSSR count). The number of aliphatic hydroxyl groups excluding tert-OH is 1. The van der Waals surface area contributed by atoms with E-state index in [0.717, 1.165) is 45.9 Å². The van der Waals surface area contributed by atoms with Crippen LogP contribution in [-0.2, 0) is 0 Å². The Labute approximate surface area is 130 Å². The van der Waals surface area contributed by atoms with Gasteiger partial charge in [0.1, 0.15) is 0 Å². The minimum absolute atomic E-state index is 0.101. The summed E-state index contributed by atoms with van der Waals surface area (Å²) in [6.45, 7) is 6.56. The first-order chi connectivity index (χ1) is 9.40. The van der Waals surface area contributed by atoms with E-state index in [1.165, 1.54) is 0 Å². The molecule has 2 aliphatic rings. The van der Waals surface area contributed by atoms with E-state index in [2.05, 4.69) is 13.5 Å². The van der Waals surface area contributed by atoms with E-state index in [0.29, 0.717) is 5.92 Å². The Balaban J connectivity index is 2.04. The van der Waals surface area contributed by atoms with Crippen LogP contribution in [0.3, 0.4) is 0 Å². The molecule has 1 N–H and O–H groups in total. The number of halogens is 1. The lowest BCUT2D eigenvalue weighted by Crippen LogP contribution is -2.28. The summed E-state index contributed by atoms with van der Waals surface area (Å²) in [5.41, 5.74) is 3.47. The number of benzene rings is 1. The molecule has 2 aliphatic carbocycles. The third kappa shape index (κ3) is 2.24. The predicted octanol–water partition coefficient (Wildman–Crippen LogP) is 4.72. The van der Waals surface area contributed by atoms with Crippen molar-refractivity contribution >= 4 is 29.8 Å². The maximum atomic E-state index is 10.0. The molecule has 0 aliphatic heterocycles. The fourth-order valence-electron chi connectivity index (χ4n) is 3.88. The van der Waals surface area contributed by atoms with Gasteiger partial charge in [-0.05, 0) is 64.3 Å². The Hall–Kier alpha value is -0.700. The molecule has 106 valence electrons. The van der Waals surface area contributed by atoms with Crippen LogP contribution in [0.5, 0.6) is 0 Å². The van der Waals surface area contributed by atoms with Crippen LogP contribution < -0.4 is 0 Å². The van der Waals surface area contributed by atoms with Gasteiger partial charge in [-0.1, -0.05) is 37.2 Å². The second-order valence-electron chi connectivity index (χ2n) is 6.33. The van der Waals surface area contributed by atoms with Gasteiger partial charge in [0.15, 0.2) is 0 Å². The lowest BCUT2D eigenvalue weighted by molar-refractivity contribution is 0.163. The van der Waals surface area contributed by atoms with Crippen LogP contribution in [0.1, 0.15) is 31.7 Å². The summed E-state index contributed by atoms with van der Waals surface area (Å²) in [4.78, 5) is 1.07. The highest BCUT2D eigenvalue weighted by Gasteiger charge is 2.48. The molecule has 0 heterocycles. The van der Waals surface area contributed by atoms with Crippen molar-refractivity contribution in [3.63, 3.8) is 0 Å². The summed E-state index contributed by atoms with van der Waals surface area (Å²) in [6, 6.07) is 7.84. The van der Waals surface area contributed by atoms with Crippen LogP contribution in [0.4, 0.5) is 0 Å². The molecular weight excluding hydrogens is 288 g/mol. The van der Waals surface area contributed by atoms with Gasteiger partial charge in [0.2, 0.25) is 0 Å². The first-order valence-electron chi connectivity index (χ1n) is 6.96. The molecule has 0 spiro atoms. The summed E-state index contributed by atoms with van der Waals surface area (Å²) in [5, 5.41) is 10.8. The van der Waals surface area contributed by atoms with Crippen molar-refractivity contribution in [2.45, 2.75) is 32.3 Å². The van der Waals surface area contributed by atoms with Crippen molar-refractivity contribution in [1.29, 1.82) is 0 Å². The fraction of sp³-hybridized carbons (Fsp3) is 0.412. The van der Waals surface area contributed by atoms with Crippen molar-refractivity contribution in [2.75, 3.05) is 0 Å². The maximum Gasteiger partial charge on any atom is 0.0551 e. The Morgan fingerprint density at radius 1 is 1.35 bits per heavy atom. The quantitative estimate of drug-likeness (QED) is 0.719. The molecule has 0 aromatic heterocycles. The monoisotopic (exact) mass is 306 g/mol. The average molecular weight is 307 g/mol. The van der Waals surface area contributed by atoms with Gasteiger partial charge in [-0.3, -0.25) is 0 Å². The summed E-state index contributed by atoms with van der Waals surface area (Å²) in [5.74, 6) is 0.346. The fourth-order valence-corrected chi connectivity index (χ4v) is 4.64. The maximum absolute atomic E-state index is 10.0. The molecule has 1 aromatic carbocycles. The van der Waals surface area contributed by atoms with Crippen LogP contribution in [0.2, 0.25) is 5.02 Å². The van der Waals surface area contributed by atoms with E-state index in [1.807, 2.05) is 24.3 Å². The third-order valence-corrected chi connectivity index (χ3v) is 5.42. The van der Waals surface area contributed by atoms with Crippen molar-refractivity contribution in [3.05, 3.63) is 51.9 Å². The zero-order valence-electron chi connectivity index (χ0n) is 11.6. The summed E-state index contributed by atoms with van der Waals surface area (Å²) >= 11 is 10.7. The van der Waals surface area contributed by atoms with Crippen LogP contribution in [0.15, 0.2) is 41.3 Å². The van der Waals surface area contributed by atoms with Crippen LogP contribution in [-0.4, -0.2) is 11.2 Å². The Morgan fingerprint density at radius 2 is 2.00 bits per heavy atom. The van der Waals surface area contributed by atoms with Gasteiger partial charge < -0.3 is 5.11 Å². The van der Waals surface area contributed by atoms with Crippen molar-refractivity contribution in [2.24, 2.45) is 11.3 Å². The normalized spacial score (nSPS) is 33.5. The Bertz CT molecular complexity index is 590. The lowest BCUT2D eigenvalue weighted by atomic mass is 9.67. The van der Waals surface area contributed by atoms with Gasteiger partial charge in [0.25, 0.3) is 0 Å². The molecule has 3 heteroatoms. The lowest BCUT2D eigenvalue weighted by Gasteiger charge is -2.39. The average Bonchev–Trinajstić information content (AvgIpc) is 2.66. The highest BCUT2D eigenvalue weighted by molar-refractivity contribution is 7.84. The van der Waals surface area contributed by atoms with E-state index in [4.69, 9.17) is 24.2 Å². The summed E-state index contributed by atoms with van der Waals surface area (Å²) in [7, 11) is 0. The number of allylic oxidation sites excluding steroid dienone is 3. The van der Waals surface area contributed by atoms with Crippen LogP contribution >= 0.6 is 24.2 Å². The molecular formula is C17H19ClOS. The zero-order chi connectivity index (χ0) is 14.5. The molecule has 3 atom stereocenters. The SMILES string of the molecule is C=C1C(c2ccc(Cl)cc2)=C(S)C[C@@]2(C)C[C@@H](O)C[C@H]12. The number of fused-ring (bicyclic) bond motifs is 1. The van der Waals surface area contributed by atoms with Gasteiger partial charge in [-0.15, -0.1) is 12.6 Å². The van der Waals surface area contributed by atoms with Gasteiger partial charge in [0.05, 0.1) is 6.10 Å². The van der Waals surface area contributed by atoms with Crippen LogP contribution in [0.25, 0.3) is 5.57 Å². The second kappa shape index (κ2) is 4.94. The first kappa shape index (κ1) is 14.2. The molecule has 0 radical (unpaired) electrons. The molecule has 0 bridgehead atoms. The number of thiol groups is 1. The molecule has 20 heavy (non-hydrogen) atoms. The second-order valence-corrected chi connectivity index (χ2v) is 7.31. The largest absolute Gasteiger partial charge is 0.393 e. The van der Waals surface area contributed by atoms with Gasteiger partial charge in [-0.25, -0.2) is 0 Å². The number of rotatable bonds is 1. The van der Waals surface area contributed by atoms with Crippen molar-refractivity contribution in [1.82, 2.24) is 0 Å². The van der Waals surface area contributed by atoms with Gasteiger partial charge in [0, 0.05) is 5.02 Å². The summed E-state index contributed by atoms with van der Waals surface area (Å²) < 4.78 is 0. The summed E-state index contributed by atoms with van der Waals surface area (Å²) in [6.07, 6.45) is 2.35. The van der Waals surface area contributed by atoms with Crippen LogP contribution in [0, 0.1) is 11.3 Å². The van der Waals surface area contributed by atoms with E-state index >= 15 is 0 Å². The standard InChI is InChI=1S/C17H19ClOS/c1-10-14-7-13(19)8-17(14,2)9-15(20)16(10)11-3-5-12(18)6-4-11/h3-6,13-14,19-20H,1,7-9H2,2H3/t13-,14+,17+/m0/s1. The first-order valence-corrected chi connectivity index (χ1v) is 7.78. The van der Waals surface area contributed by atoms with Gasteiger partial charge >= 0.3 is 0 Å². The van der Waals surface area contributed by atoms with Gasteiger partial charge in [-0.2, -0.15) is 0 Å². The van der Waals surface area contributed by atoms with E-state index < -0.39 is 0 Å². The van der Waals surface area contributed by atoms with Crippen molar-refractivity contribution in [3.8, 4) is 0 Å². The molecule has 1 saturated carbocycles. The van der Waals surface area contributed by atoms with E-state index in [9.17, 15) is 5.11 Å².